The maximum Gasteiger partial charge on any atom is 0.234 e. The fraction of sp³-hybridized carbons (Fsp3) is 0.562. The highest BCUT2D eigenvalue weighted by Gasteiger charge is 2.08. The van der Waals surface area contributed by atoms with Crippen molar-refractivity contribution >= 4 is 5.91 Å². The molecule has 20 heavy (non-hydrogen) atoms. The molecule has 1 aromatic carbocycles. The van der Waals surface area contributed by atoms with Crippen LogP contribution < -0.4 is 15.4 Å². The largest absolute Gasteiger partial charge is 0.492 e. The number of carbonyl (C=O) groups excluding carboxylic acids is 1. The summed E-state index contributed by atoms with van der Waals surface area (Å²) in [6.07, 6.45) is 0.942. The van der Waals surface area contributed by atoms with Gasteiger partial charge in [0.05, 0.1) is 6.54 Å². The minimum atomic E-state index is 0.0292. The van der Waals surface area contributed by atoms with Crippen molar-refractivity contribution in [1.29, 1.82) is 0 Å². The monoisotopic (exact) mass is 278 g/mol. The van der Waals surface area contributed by atoms with Crippen LogP contribution in [0, 0.1) is 6.92 Å². The molecule has 1 rings (SSSR count). The van der Waals surface area contributed by atoms with Crippen molar-refractivity contribution in [3.05, 3.63) is 29.8 Å². The van der Waals surface area contributed by atoms with Crippen LogP contribution >= 0.6 is 0 Å². The van der Waals surface area contributed by atoms with Crippen LogP contribution in [-0.2, 0) is 4.79 Å². The summed E-state index contributed by atoms with van der Waals surface area (Å²) in [6, 6.07) is 8.30. The normalized spacial score (nSPS) is 13.6. The first-order valence-electron chi connectivity index (χ1n) is 7.23. The maximum atomic E-state index is 11.6. The van der Waals surface area contributed by atoms with E-state index in [1.165, 1.54) is 5.56 Å². The van der Waals surface area contributed by atoms with Gasteiger partial charge in [-0.05, 0) is 39.3 Å². The van der Waals surface area contributed by atoms with Crippen molar-refractivity contribution in [2.75, 3.05) is 13.2 Å². The summed E-state index contributed by atoms with van der Waals surface area (Å²) in [4.78, 5) is 11.6. The molecule has 2 atom stereocenters. The zero-order valence-corrected chi connectivity index (χ0v) is 12.9. The molecule has 112 valence electrons. The third-order valence-corrected chi connectivity index (χ3v) is 3.15. The SMILES string of the molecule is CCC(C)NC(=O)CNC(C)COc1ccc(C)cc1. The number of amides is 1. The van der Waals surface area contributed by atoms with Gasteiger partial charge in [-0.25, -0.2) is 0 Å². The van der Waals surface area contributed by atoms with E-state index < -0.39 is 0 Å². The van der Waals surface area contributed by atoms with Crippen molar-refractivity contribution in [2.24, 2.45) is 0 Å². The average Bonchev–Trinajstić information content (AvgIpc) is 2.44. The van der Waals surface area contributed by atoms with Crippen LogP contribution in [0.3, 0.4) is 0 Å². The van der Waals surface area contributed by atoms with E-state index in [0.717, 1.165) is 12.2 Å². The molecule has 1 amide bonds. The average molecular weight is 278 g/mol. The summed E-state index contributed by atoms with van der Waals surface area (Å²) in [5.74, 6) is 0.884. The zero-order chi connectivity index (χ0) is 15.0. The summed E-state index contributed by atoms with van der Waals surface area (Å²) in [5, 5.41) is 6.08. The van der Waals surface area contributed by atoms with Gasteiger partial charge in [0.2, 0.25) is 5.91 Å². The summed E-state index contributed by atoms with van der Waals surface area (Å²) in [5.41, 5.74) is 1.21. The van der Waals surface area contributed by atoms with Gasteiger partial charge >= 0.3 is 0 Å². The minimum absolute atomic E-state index is 0.0292. The number of benzene rings is 1. The quantitative estimate of drug-likeness (QED) is 0.767. The van der Waals surface area contributed by atoms with Crippen molar-refractivity contribution in [3.8, 4) is 5.75 Å². The van der Waals surface area contributed by atoms with Gasteiger partial charge < -0.3 is 15.4 Å². The summed E-state index contributed by atoms with van der Waals surface area (Å²) >= 11 is 0. The number of aryl methyl sites for hydroxylation is 1. The number of rotatable bonds is 8. The van der Waals surface area contributed by atoms with Crippen LogP contribution in [0.2, 0.25) is 0 Å². The molecule has 0 aliphatic heterocycles. The Hall–Kier alpha value is -1.55. The van der Waals surface area contributed by atoms with Crippen molar-refractivity contribution in [3.63, 3.8) is 0 Å². The molecule has 0 heterocycles. The highest BCUT2D eigenvalue weighted by Crippen LogP contribution is 2.11. The van der Waals surface area contributed by atoms with Gasteiger partial charge in [0.1, 0.15) is 12.4 Å². The van der Waals surface area contributed by atoms with E-state index >= 15 is 0 Å². The van der Waals surface area contributed by atoms with Gasteiger partial charge in [0.25, 0.3) is 0 Å². The molecule has 2 N–H and O–H groups in total. The number of hydrogen-bond donors (Lipinski definition) is 2. The molecule has 4 nitrogen and oxygen atoms in total. The molecule has 0 spiro atoms. The van der Waals surface area contributed by atoms with Crippen LogP contribution in [0.15, 0.2) is 24.3 Å². The molecule has 0 aromatic heterocycles. The van der Waals surface area contributed by atoms with Gasteiger partial charge in [-0.3, -0.25) is 4.79 Å². The molecule has 0 saturated heterocycles. The smallest absolute Gasteiger partial charge is 0.234 e. The Labute approximate surface area is 121 Å². The van der Waals surface area contributed by atoms with Crippen molar-refractivity contribution in [2.45, 2.75) is 46.2 Å². The Bertz CT molecular complexity index is 403. The third kappa shape index (κ3) is 6.57. The summed E-state index contributed by atoms with van der Waals surface area (Å²) in [6.45, 7) is 8.97. The molecule has 0 aliphatic carbocycles. The molecule has 0 bridgehead atoms. The number of ether oxygens (including phenoxy) is 1. The van der Waals surface area contributed by atoms with E-state index in [1.807, 2.05) is 45.0 Å². The summed E-state index contributed by atoms with van der Waals surface area (Å²) < 4.78 is 5.66. The molecule has 0 aliphatic rings. The first kappa shape index (κ1) is 16.5. The highest BCUT2D eigenvalue weighted by atomic mass is 16.5. The van der Waals surface area contributed by atoms with Crippen LogP contribution in [0.25, 0.3) is 0 Å². The number of nitrogens with one attached hydrogen (secondary N) is 2. The molecule has 0 saturated carbocycles. The zero-order valence-electron chi connectivity index (χ0n) is 12.9. The molecular formula is C16H26N2O2. The first-order valence-corrected chi connectivity index (χ1v) is 7.23. The minimum Gasteiger partial charge on any atom is -0.492 e. The second-order valence-electron chi connectivity index (χ2n) is 5.28. The van der Waals surface area contributed by atoms with Gasteiger partial charge in [-0.1, -0.05) is 24.6 Å². The molecule has 2 unspecified atom stereocenters. The van der Waals surface area contributed by atoms with Crippen LogP contribution in [-0.4, -0.2) is 31.1 Å². The molecule has 0 fully saturated rings. The Morgan fingerprint density at radius 2 is 1.85 bits per heavy atom. The molecular weight excluding hydrogens is 252 g/mol. The van der Waals surface area contributed by atoms with Gasteiger partial charge in [-0.2, -0.15) is 0 Å². The lowest BCUT2D eigenvalue weighted by molar-refractivity contribution is -0.121. The third-order valence-electron chi connectivity index (χ3n) is 3.15. The lowest BCUT2D eigenvalue weighted by Gasteiger charge is -2.16. The van der Waals surface area contributed by atoms with E-state index in [0.29, 0.717) is 13.2 Å². The Morgan fingerprint density at radius 3 is 2.45 bits per heavy atom. The van der Waals surface area contributed by atoms with Gasteiger partial charge in [-0.15, -0.1) is 0 Å². The fourth-order valence-corrected chi connectivity index (χ4v) is 1.61. The maximum absolute atomic E-state index is 11.6. The molecule has 0 radical (unpaired) electrons. The number of carbonyl (C=O) groups is 1. The Kier molecular flexibility index (Phi) is 7.09. The van der Waals surface area contributed by atoms with E-state index in [2.05, 4.69) is 17.6 Å². The Morgan fingerprint density at radius 1 is 1.20 bits per heavy atom. The van der Waals surface area contributed by atoms with Crippen LogP contribution in [0.4, 0.5) is 0 Å². The lowest BCUT2D eigenvalue weighted by Crippen LogP contribution is -2.42. The van der Waals surface area contributed by atoms with E-state index in [4.69, 9.17) is 4.74 Å². The predicted molar refractivity (Wildman–Crippen MR) is 82.0 cm³/mol. The topological polar surface area (TPSA) is 50.4 Å². The second kappa shape index (κ2) is 8.59. The van der Waals surface area contributed by atoms with Crippen LogP contribution in [0.5, 0.6) is 5.75 Å². The summed E-state index contributed by atoms with van der Waals surface area (Å²) in [7, 11) is 0. The Balaban J connectivity index is 2.21. The van der Waals surface area contributed by atoms with E-state index in [1.54, 1.807) is 0 Å². The van der Waals surface area contributed by atoms with E-state index in [-0.39, 0.29) is 18.0 Å². The lowest BCUT2D eigenvalue weighted by atomic mass is 10.2. The number of hydrogen-bond acceptors (Lipinski definition) is 3. The predicted octanol–water partition coefficient (Wildman–Crippen LogP) is 2.27. The van der Waals surface area contributed by atoms with Crippen molar-refractivity contribution < 1.29 is 9.53 Å². The standard InChI is InChI=1S/C16H26N2O2/c1-5-13(3)18-16(19)10-17-14(4)11-20-15-8-6-12(2)7-9-15/h6-9,13-14,17H,5,10-11H2,1-4H3,(H,18,19). The van der Waals surface area contributed by atoms with Crippen LogP contribution in [0.1, 0.15) is 32.8 Å². The second-order valence-corrected chi connectivity index (χ2v) is 5.28. The van der Waals surface area contributed by atoms with Gasteiger partial charge in [0, 0.05) is 12.1 Å². The first-order chi connectivity index (χ1) is 9.51. The van der Waals surface area contributed by atoms with Crippen molar-refractivity contribution in [1.82, 2.24) is 10.6 Å². The highest BCUT2D eigenvalue weighted by molar-refractivity contribution is 5.78. The van der Waals surface area contributed by atoms with Gasteiger partial charge in [0.15, 0.2) is 0 Å². The molecule has 4 heteroatoms. The van der Waals surface area contributed by atoms with E-state index in [9.17, 15) is 4.79 Å². The molecule has 1 aromatic rings. The fourth-order valence-electron chi connectivity index (χ4n) is 1.61.